The summed E-state index contributed by atoms with van der Waals surface area (Å²) in [4.78, 5) is 0. The molecule has 0 aromatic carbocycles. The lowest BCUT2D eigenvalue weighted by Crippen LogP contribution is -2.51. The summed E-state index contributed by atoms with van der Waals surface area (Å²) in [7, 11) is 27.8. The molecule has 0 amide bonds. The second-order valence-electron chi connectivity index (χ2n) is 11.5. The van der Waals surface area contributed by atoms with E-state index in [-0.39, 0.29) is 15.9 Å². The molecule has 0 N–H and O–H groups in total. The van der Waals surface area contributed by atoms with Gasteiger partial charge in [0.15, 0.2) is 0 Å². The normalized spacial score (nSPS) is 38.1. The molecule has 1 fully saturated rings. The van der Waals surface area contributed by atoms with Gasteiger partial charge in [-0.3, -0.25) is 0 Å². The molecule has 0 saturated heterocycles. The van der Waals surface area contributed by atoms with Gasteiger partial charge < -0.3 is 0 Å². The second-order valence-corrected chi connectivity index (χ2v) is 11.5. The van der Waals surface area contributed by atoms with Crippen molar-refractivity contribution in [3.05, 3.63) is 0 Å². The van der Waals surface area contributed by atoms with E-state index in [1.165, 1.54) is 0 Å². The van der Waals surface area contributed by atoms with Gasteiger partial charge in [-0.1, -0.05) is 58.6 Å². The second kappa shape index (κ2) is 5.11. The van der Waals surface area contributed by atoms with E-state index in [4.69, 9.17) is 0 Å². The molecule has 22 heavy (non-hydrogen) atoms. The predicted molar refractivity (Wildman–Crippen MR) is 134 cm³/mol. The molecule has 1 aliphatic rings. The van der Waals surface area contributed by atoms with Gasteiger partial charge in [0, 0.05) is 0 Å². The molecule has 0 aromatic rings. The molecule has 1 rings (SSSR count). The minimum Gasteiger partial charge on any atom is -0.0985 e. The minimum atomic E-state index is 0.253. The summed E-state index contributed by atoms with van der Waals surface area (Å²) in [5, 5.41) is 1.44. The van der Waals surface area contributed by atoms with Crippen molar-refractivity contribution in [2.24, 2.45) is 5.41 Å². The molecule has 11 heteroatoms. The van der Waals surface area contributed by atoms with Crippen molar-refractivity contribution in [2.45, 2.75) is 58.6 Å². The van der Waals surface area contributed by atoms with E-state index >= 15 is 0 Å². The highest BCUT2D eigenvalue weighted by Gasteiger charge is 2.72. The fourth-order valence-corrected chi connectivity index (χ4v) is 6.32. The molecule has 0 aromatic heterocycles. The lowest BCUT2D eigenvalue weighted by molar-refractivity contribution is 0.241. The molecule has 3 unspecified atom stereocenters. The van der Waals surface area contributed by atoms with Crippen LogP contribution < -0.4 is 0 Å². The van der Waals surface area contributed by atoms with Crippen LogP contribution in [0, 0.1) is 5.41 Å². The molecule has 0 radical (unpaired) electrons. The summed E-state index contributed by atoms with van der Waals surface area (Å²) < 4.78 is 0. The Balaban J connectivity index is 3.85. The summed E-state index contributed by atoms with van der Waals surface area (Å²) in [6, 6.07) is 0. The molecular formula is C11H33B11. The first-order valence-corrected chi connectivity index (χ1v) is 9.35. The monoisotopic (exact) mass is 286 g/mol. The first kappa shape index (κ1) is 20.8. The molecule has 1 saturated carbocycles. The first-order chi connectivity index (χ1) is 9.35. The van der Waals surface area contributed by atoms with Gasteiger partial charge in [0.25, 0.3) is 0 Å². The van der Waals surface area contributed by atoms with Crippen molar-refractivity contribution in [3.8, 4) is 0 Å². The quantitative estimate of drug-likeness (QED) is 0.442. The maximum absolute atomic E-state index is 2.61. The van der Waals surface area contributed by atoms with Gasteiger partial charge in [-0.15, -0.1) is 0 Å². The predicted octanol–water partition coefficient (Wildman–Crippen LogP) is -6.79. The summed E-state index contributed by atoms with van der Waals surface area (Å²) >= 11 is 0. The Morgan fingerprint density at radius 1 is 0.864 bits per heavy atom. The summed E-state index contributed by atoms with van der Waals surface area (Å²) in [5.74, 6) is 0.677. The summed E-state index contributed by atoms with van der Waals surface area (Å²) in [5.41, 5.74) is 0.946. The maximum atomic E-state index is 2.61. The van der Waals surface area contributed by atoms with Crippen LogP contribution in [-0.4, -0.2) is 86.3 Å². The van der Waals surface area contributed by atoms with Crippen LogP contribution >= 0.6 is 0 Å². The number of hydrogen-bond acceptors (Lipinski definition) is 0. The van der Waals surface area contributed by atoms with Crippen molar-refractivity contribution < 1.29 is 0 Å². The Hall–Kier alpha value is 0.714. The Bertz CT molecular complexity index is 451. The SMILES string of the molecule is BC1C(B)(B)C(B)(B)C(B)(C(B)B)C1(B)C(B)(B)C(C)(C)C. The molecule has 0 spiro atoms. The molecule has 3 atom stereocenters. The molecule has 0 aliphatic heterocycles. The Labute approximate surface area is 150 Å². The lowest BCUT2D eigenvalue weighted by Gasteiger charge is -2.65. The van der Waals surface area contributed by atoms with Gasteiger partial charge >= 0.3 is 0 Å². The van der Waals surface area contributed by atoms with Gasteiger partial charge in [-0.05, 0) is 5.41 Å². The highest BCUT2D eigenvalue weighted by Crippen LogP contribution is 2.91. The fraction of sp³-hybridized carbons (Fsp3) is 1.00. The molecule has 0 heterocycles. The van der Waals surface area contributed by atoms with Gasteiger partial charge in [0.05, 0.1) is 62.8 Å². The van der Waals surface area contributed by atoms with E-state index in [2.05, 4.69) is 107 Å². The molecule has 1 aliphatic carbocycles. The van der Waals surface area contributed by atoms with Crippen molar-refractivity contribution in [2.75, 3.05) is 0 Å². The summed E-state index contributed by atoms with van der Waals surface area (Å²) in [6.45, 7) is 7.30. The zero-order chi connectivity index (χ0) is 18.2. The average Bonchev–Trinajstić information content (AvgIpc) is 2.39. The Morgan fingerprint density at radius 2 is 1.23 bits per heavy atom. The van der Waals surface area contributed by atoms with E-state index in [1.807, 2.05) is 0 Å². The van der Waals surface area contributed by atoms with Crippen LogP contribution in [0.4, 0.5) is 0 Å². The number of rotatable bonds is 2. The minimum absolute atomic E-state index is 0.253. The summed E-state index contributed by atoms with van der Waals surface area (Å²) in [6.07, 6.45) is 0. The molecule has 0 nitrogen and oxygen atoms in total. The largest absolute Gasteiger partial charge is 0.107 e. The zero-order valence-electron chi connectivity index (χ0n) is 18.2. The van der Waals surface area contributed by atoms with Crippen LogP contribution in [0.15, 0.2) is 0 Å². The van der Waals surface area contributed by atoms with E-state index in [0.717, 1.165) is 0 Å². The van der Waals surface area contributed by atoms with E-state index in [9.17, 15) is 0 Å². The van der Waals surface area contributed by atoms with E-state index in [0.29, 0.717) is 27.3 Å². The van der Waals surface area contributed by atoms with Crippen LogP contribution in [0.5, 0.6) is 0 Å². The standard InChI is InChI=1S/C11H33B11/c1-6(2,3)10(19,20)7(15)4(12)9(17,18)11(21,22)8(7,16)5(13)14/h4-5H,12-22H2,1-3H3. The molecule has 110 valence electrons. The third kappa shape index (κ3) is 1.98. The average molecular weight is 284 g/mol. The van der Waals surface area contributed by atoms with Crippen LogP contribution in [0.2, 0.25) is 37.8 Å². The lowest BCUT2D eigenvalue weighted by atomic mass is 9.14. The smallest absolute Gasteiger partial charge is 0.0985 e. The van der Waals surface area contributed by atoms with Crippen molar-refractivity contribution in [1.82, 2.24) is 0 Å². The van der Waals surface area contributed by atoms with Gasteiger partial charge in [0.2, 0.25) is 0 Å². The topological polar surface area (TPSA) is 0 Å². The Morgan fingerprint density at radius 3 is 1.50 bits per heavy atom. The molecule has 0 bridgehead atoms. The highest BCUT2D eigenvalue weighted by molar-refractivity contribution is 6.65. The van der Waals surface area contributed by atoms with Crippen LogP contribution in [-0.2, 0) is 0 Å². The van der Waals surface area contributed by atoms with Gasteiger partial charge in [0.1, 0.15) is 23.5 Å². The fourth-order valence-electron chi connectivity index (χ4n) is 6.32. The number of hydrogen-bond donors (Lipinski definition) is 0. The van der Waals surface area contributed by atoms with Crippen LogP contribution in [0.25, 0.3) is 0 Å². The Kier molecular flexibility index (Phi) is 4.82. The highest BCUT2D eigenvalue weighted by atomic mass is 14.7. The van der Waals surface area contributed by atoms with Crippen molar-refractivity contribution in [1.29, 1.82) is 0 Å². The van der Waals surface area contributed by atoms with Crippen LogP contribution in [0.3, 0.4) is 0 Å². The third-order valence-electron chi connectivity index (χ3n) is 10.3. The third-order valence-corrected chi connectivity index (χ3v) is 10.3. The molecular weight excluding hydrogens is 251 g/mol. The van der Waals surface area contributed by atoms with Crippen molar-refractivity contribution in [3.63, 3.8) is 0 Å². The van der Waals surface area contributed by atoms with Crippen molar-refractivity contribution >= 4 is 86.3 Å². The first-order valence-electron chi connectivity index (χ1n) is 9.35. The van der Waals surface area contributed by atoms with Gasteiger partial charge in [-0.25, -0.2) is 0 Å². The maximum Gasteiger partial charge on any atom is 0.107 e. The van der Waals surface area contributed by atoms with Gasteiger partial charge in [-0.2, -0.15) is 0 Å². The zero-order valence-corrected chi connectivity index (χ0v) is 18.2. The van der Waals surface area contributed by atoms with Crippen LogP contribution in [0.1, 0.15) is 20.8 Å². The van der Waals surface area contributed by atoms with E-state index < -0.39 is 0 Å². The van der Waals surface area contributed by atoms with E-state index in [1.54, 1.807) is 0 Å².